The number of para-hydroxylation sites is 1. The fourth-order valence-electron chi connectivity index (χ4n) is 3.38. The lowest BCUT2D eigenvalue weighted by Crippen LogP contribution is -2.42. The molecule has 2 aromatic carbocycles. The minimum absolute atomic E-state index is 0. The van der Waals surface area contributed by atoms with E-state index in [1.807, 2.05) is 36.4 Å². The molecule has 3 aromatic rings. The third kappa shape index (κ3) is 4.46. The Bertz CT molecular complexity index is 942. The molecule has 0 atom stereocenters. The summed E-state index contributed by atoms with van der Waals surface area (Å²) in [4.78, 5) is 13.5. The summed E-state index contributed by atoms with van der Waals surface area (Å²) < 4.78 is 21.1. The van der Waals surface area contributed by atoms with E-state index in [4.69, 9.17) is 4.74 Å². The van der Waals surface area contributed by atoms with Crippen LogP contribution in [0.2, 0.25) is 0 Å². The summed E-state index contributed by atoms with van der Waals surface area (Å²) in [6.07, 6.45) is 1.81. The summed E-state index contributed by atoms with van der Waals surface area (Å²) in [6, 6.07) is 14.5. The number of carbonyl (C=O) groups excluding carboxylic acids is 1. The zero-order valence-electron chi connectivity index (χ0n) is 15.2. The van der Waals surface area contributed by atoms with Crippen LogP contribution in [0.5, 0.6) is 5.75 Å². The van der Waals surface area contributed by atoms with E-state index in [1.165, 1.54) is 17.4 Å². The van der Waals surface area contributed by atoms with Crippen LogP contribution < -0.4 is 15.4 Å². The molecule has 1 fully saturated rings. The van der Waals surface area contributed by atoms with Gasteiger partial charge in [0.2, 0.25) is 0 Å². The van der Waals surface area contributed by atoms with E-state index < -0.39 is 0 Å². The normalized spacial score (nSPS) is 14.5. The molecule has 1 aliphatic heterocycles. The van der Waals surface area contributed by atoms with Crippen molar-refractivity contribution >= 4 is 39.7 Å². The van der Waals surface area contributed by atoms with Gasteiger partial charge in [0.15, 0.2) is 0 Å². The van der Waals surface area contributed by atoms with Crippen LogP contribution >= 0.6 is 23.7 Å². The third-order valence-corrected chi connectivity index (χ3v) is 5.97. The van der Waals surface area contributed by atoms with Gasteiger partial charge in [-0.1, -0.05) is 24.3 Å². The molecule has 0 spiro atoms. The Kier molecular flexibility index (Phi) is 6.88. The molecule has 1 amide bonds. The number of hydrogen-bond acceptors (Lipinski definition) is 4. The van der Waals surface area contributed by atoms with Crippen molar-refractivity contribution < 1.29 is 13.9 Å². The minimum Gasteiger partial charge on any atom is -0.489 e. The van der Waals surface area contributed by atoms with Gasteiger partial charge < -0.3 is 15.4 Å². The minimum atomic E-state index is -0.323. The number of carbonyl (C=O) groups is 1. The van der Waals surface area contributed by atoms with Crippen LogP contribution in [0.15, 0.2) is 48.5 Å². The van der Waals surface area contributed by atoms with Crippen LogP contribution in [-0.2, 0) is 6.61 Å². The van der Waals surface area contributed by atoms with Crippen molar-refractivity contribution in [1.29, 1.82) is 0 Å². The van der Waals surface area contributed by atoms with E-state index >= 15 is 0 Å². The molecule has 0 aliphatic carbocycles. The van der Waals surface area contributed by atoms with Gasteiger partial charge in [-0.3, -0.25) is 4.79 Å². The van der Waals surface area contributed by atoms with Crippen LogP contribution in [0.25, 0.3) is 10.1 Å². The number of rotatable bonds is 5. The second-order valence-electron chi connectivity index (χ2n) is 6.62. The first-order chi connectivity index (χ1) is 13.2. The lowest BCUT2D eigenvalue weighted by Gasteiger charge is -2.23. The van der Waals surface area contributed by atoms with Crippen LogP contribution in [0.4, 0.5) is 4.39 Å². The third-order valence-electron chi connectivity index (χ3n) is 4.77. The maximum Gasteiger partial charge on any atom is 0.262 e. The van der Waals surface area contributed by atoms with E-state index in [1.54, 1.807) is 6.07 Å². The molecule has 0 bridgehead atoms. The van der Waals surface area contributed by atoms with Gasteiger partial charge in [0.1, 0.15) is 18.2 Å². The van der Waals surface area contributed by atoms with Crippen LogP contribution in [0.1, 0.15) is 28.1 Å². The number of fused-ring (bicyclic) bond motifs is 1. The number of nitrogens with one attached hydrogen (secondary N) is 2. The Morgan fingerprint density at radius 2 is 1.89 bits per heavy atom. The molecule has 1 saturated heterocycles. The van der Waals surface area contributed by atoms with Crippen LogP contribution in [0, 0.1) is 5.82 Å². The second-order valence-corrected chi connectivity index (χ2v) is 7.67. The summed E-state index contributed by atoms with van der Waals surface area (Å²) in [5.41, 5.74) is 0.614. The van der Waals surface area contributed by atoms with Crippen molar-refractivity contribution in [1.82, 2.24) is 10.6 Å². The summed E-state index contributed by atoms with van der Waals surface area (Å²) in [5, 5.41) is 6.88. The highest BCUT2D eigenvalue weighted by Crippen LogP contribution is 2.34. The largest absolute Gasteiger partial charge is 0.489 e. The van der Waals surface area contributed by atoms with Crippen molar-refractivity contribution in [2.45, 2.75) is 25.5 Å². The number of amides is 1. The fraction of sp³-hybridized carbons (Fsp3) is 0.286. The van der Waals surface area contributed by atoms with Crippen molar-refractivity contribution in [3.63, 3.8) is 0 Å². The molecule has 2 N–H and O–H groups in total. The molecular formula is C21H22ClFN2O2S. The number of hydrogen-bond donors (Lipinski definition) is 2. The highest BCUT2D eigenvalue weighted by Gasteiger charge is 2.24. The molecule has 4 rings (SSSR count). The Labute approximate surface area is 173 Å². The molecular weight excluding hydrogens is 399 g/mol. The maximum atomic E-state index is 14.5. The van der Waals surface area contributed by atoms with Gasteiger partial charge in [0, 0.05) is 21.7 Å². The standard InChI is InChI=1S/C21H21FN2O2S.ClH/c22-17-7-4-8-18-19(17)16(13-26-15-5-2-1-3-6-15)20(27-18)21(25)24-14-9-11-23-12-10-14;/h1-8,14,23H,9-13H2,(H,24,25);1H. The quantitative estimate of drug-likeness (QED) is 0.637. The van der Waals surface area contributed by atoms with Gasteiger partial charge in [0.25, 0.3) is 5.91 Å². The summed E-state index contributed by atoms with van der Waals surface area (Å²) in [7, 11) is 0. The molecule has 4 nitrogen and oxygen atoms in total. The first-order valence-electron chi connectivity index (χ1n) is 9.11. The molecule has 7 heteroatoms. The van der Waals surface area contributed by atoms with Gasteiger partial charge in [-0.15, -0.1) is 23.7 Å². The van der Waals surface area contributed by atoms with E-state index in [9.17, 15) is 9.18 Å². The SMILES string of the molecule is Cl.O=C(NC1CCNCC1)c1sc2cccc(F)c2c1COc1ccccc1. The number of piperidine rings is 1. The van der Waals surface area contributed by atoms with Crippen molar-refractivity contribution in [2.24, 2.45) is 0 Å². The van der Waals surface area contributed by atoms with Crippen LogP contribution in [0.3, 0.4) is 0 Å². The number of thiophene rings is 1. The summed E-state index contributed by atoms with van der Waals surface area (Å²) in [5.74, 6) is 0.225. The summed E-state index contributed by atoms with van der Waals surface area (Å²) >= 11 is 1.32. The lowest BCUT2D eigenvalue weighted by atomic mass is 10.1. The Morgan fingerprint density at radius 3 is 2.64 bits per heavy atom. The number of benzene rings is 2. The van der Waals surface area contributed by atoms with Crippen molar-refractivity contribution in [3.8, 4) is 5.75 Å². The molecule has 28 heavy (non-hydrogen) atoms. The number of ether oxygens (including phenoxy) is 1. The van der Waals surface area contributed by atoms with E-state index in [2.05, 4.69) is 10.6 Å². The van der Waals surface area contributed by atoms with Crippen molar-refractivity contribution in [2.75, 3.05) is 13.1 Å². The predicted molar refractivity (Wildman–Crippen MR) is 113 cm³/mol. The molecule has 2 heterocycles. The first-order valence-corrected chi connectivity index (χ1v) is 9.93. The van der Waals surface area contributed by atoms with E-state index in [0.29, 0.717) is 21.6 Å². The summed E-state index contributed by atoms with van der Waals surface area (Å²) in [6.45, 7) is 1.95. The average Bonchev–Trinajstić information content (AvgIpc) is 3.08. The fourth-order valence-corrected chi connectivity index (χ4v) is 4.50. The second kappa shape index (κ2) is 9.37. The highest BCUT2D eigenvalue weighted by molar-refractivity contribution is 7.21. The molecule has 1 aromatic heterocycles. The Morgan fingerprint density at radius 1 is 1.14 bits per heavy atom. The molecule has 1 aliphatic rings. The Hall–Kier alpha value is -2.15. The van der Waals surface area contributed by atoms with Crippen molar-refractivity contribution in [3.05, 3.63) is 64.8 Å². The highest BCUT2D eigenvalue weighted by atomic mass is 35.5. The topological polar surface area (TPSA) is 50.4 Å². The monoisotopic (exact) mass is 420 g/mol. The first kappa shape index (κ1) is 20.6. The van der Waals surface area contributed by atoms with E-state index in [-0.39, 0.29) is 36.8 Å². The lowest BCUT2D eigenvalue weighted by molar-refractivity contribution is 0.0931. The zero-order valence-corrected chi connectivity index (χ0v) is 16.9. The average molecular weight is 421 g/mol. The van der Waals surface area contributed by atoms with E-state index in [0.717, 1.165) is 30.6 Å². The molecule has 0 saturated carbocycles. The van der Waals surface area contributed by atoms with Gasteiger partial charge in [-0.05, 0) is 50.2 Å². The van der Waals surface area contributed by atoms with Crippen LogP contribution in [-0.4, -0.2) is 25.0 Å². The molecule has 0 unspecified atom stereocenters. The molecule has 0 radical (unpaired) electrons. The maximum absolute atomic E-state index is 14.5. The predicted octanol–water partition coefficient (Wildman–Crippen LogP) is 4.52. The van der Waals surface area contributed by atoms with Gasteiger partial charge in [-0.2, -0.15) is 0 Å². The van der Waals surface area contributed by atoms with Gasteiger partial charge in [0.05, 0.1) is 4.88 Å². The number of halogens is 2. The zero-order chi connectivity index (χ0) is 18.6. The Balaban J connectivity index is 0.00000225. The molecule has 148 valence electrons. The smallest absolute Gasteiger partial charge is 0.262 e. The van der Waals surface area contributed by atoms with Gasteiger partial charge >= 0.3 is 0 Å². The van der Waals surface area contributed by atoms with Gasteiger partial charge in [-0.25, -0.2) is 4.39 Å².